The molecule has 1 aromatic rings. The summed E-state index contributed by atoms with van der Waals surface area (Å²) in [5, 5.41) is 3.17. The zero-order valence-corrected chi connectivity index (χ0v) is 11.2. The molecule has 3 nitrogen and oxygen atoms in total. The molecule has 1 saturated carbocycles. The fourth-order valence-corrected chi connectivity index (χ4v) is 1.98. The lowest BCUT2D eigenvalue weighted by Gasteiger charge is -2.25. The first-order valence-corrected chi connectivity index (χ1v) is 6.58. The lowest BCUT2D eigenvalue weighted by Crippen LogP contribution is -2.35. The lowest BCUT2D eigenvalue weighted by atomic mass is 10.2. The quantitative estimate of drug-likeness (QED) is 0.817. The van der Waals surface area contributed by atoms with E-state index in [0.29, 0.717) is 18.2 Å². The zero-order valence-electron chi connectivity index (χ0n) is 11.2. The van der Waals surface area contributed by atoms with Crippen molar-refractivity contribution in [2.24, 2.45) is 0 Å². The van der Waals surface area contributed by atoms with E-state index in [0.717, 1.165) is 23.9 Å². The Morgan fingerprint density at radius 2 is 2.10 bits per heavy atom. The number of hydrogen-bond donors (Lipinski definition) is 1. The van der Waals surface area contributed by atoms with Crippen LogP contribution in [0.3, 0.4) is 0 Å². The summed E-state index contributed by atoms with van der Waals surface area (Å²) in [7, 11) is 0. The van der Waals surface area contributed by atoms with E-state index in [1.165, 1.54) is 6.07 Å². The highest BCUT2D eigenvalue weighted by atomic mass is 19.4. The molecule has 112 valence electrons. The minimum atomic E-state index is -4.31. The molecule has 20 heavy (non-hydrogen) atoms. The van der Waals surface area contributed by atoms with Crippen LogP contribution < -0.4 is 10.2 Å². The van der Waals surface area contributed by atoms with E-state index in [1.54, 1.807) is 6.92 Å². The molecule has 0 amide bonds. The maximum Gasteiger partial charge on any atom is 0.405 e. The summed E-state index contributed by atoms with van der Waals surface area (Å²) in [4.78, 5) is 4.96. The lowest BCUT2D eigenvalue weighted by molar-refractivity contribution is -0.119. The molecule has 0 aliphatic heterocycles. The fraction of sp³-hybridized carbons (Fsp3) is 0.615. The molecule has 0 bridgehead atoms. The van der Waals surface area contributed by atoms with Gasteiger partial charge in [0, 0.05) is 24.7 Å². The van der Waals surface area contributed by atoms with Gasteiger partial charge in [0.2, 0.25) is 0 Å². The van der Waals surface area contributed by atoms with Crippen LogP contribution in [0, 0.1) is 5.82 Å². The van der Waals surface area contributed by atoms with Gasteiger partial charge in [-0.1, -0.05) is 0 Å². The predicted molar refractivity (Wildman–Crippen MR) is 68.0 cm³/mol. The van der Waals surface area contributed by atoms with E-state index in [2.05, 4.69) is 10.3 Å². The van der Waals surface area contributed by atoms with Gasteiger partial charge in [0.05, 0.1) is 6.20 Å². The Balaban J connectivity index is 2.17. The molecule has 0 saturated heterocycles. The minimum absolute atomic E-state index is 0.161. The smallest absolute Gasteiger partial charge is 0.348 e. The van der Waals surface area contributed by atoms with Crippen LogP contribution in [-0.4, -0.2) is 30.3 Å². The van der Waals surface area contributed by atoms with E-state index < -0.39 is 18.5 Å². The van der Waals surface area contributed by atoms with Crippen molar-refractivity contribution in [2.75, 3.05) is 18.0 Å². The second-order valence-electron chi connectivity index (χ2n) is 4.92. The average Bonchev–Trinajstić information content (AvgIpc) is 3.17. The predicted octanol–water partition coefficient (Wildman–Crippen LogP) is 2.86. The molecule has 0 atom stereocenters. The van der Waals surface area contributed by atoms with Crippen LogP contribution in [0.4, 0.5) is 23.4 Å². The minimum Gasteiger partial charge on any atom is -0.348 e. The summed E-state index contributed by atoms with van der Waals surface area (Å²) in [5.41, 5.74) is 0.461. The third-order valence-electron chi connectivity index (χ3n) is 3.12. The van der Waals surface area contributed by atoms with Crippen LogP contribution >= 0.6 is 0 Å². The first-order chi connectivity index (χ1) is 9.39. The van der Waals surface area contributed by atoms with Crippen molar-refractivity contribution in [3.8, 4) is 0 Å². The van der Waals surface area contributed by atoms with E-state index in [-0.39, 0.29) is 12.4 Å². The summed E-state index contributed by atoms with van der Waals surface area (Å²) in [6.07, 6.45) is -1.25. The third-order valence-corrected chi connectivity index (χ3v) is 3.12. The Morgan fingerprint density at radius 1 is 1.40 bits per heavy atom. The van der Waals surface area contributed by atoms with Gasteiger partial charge in [0.25, 0.3) is 0 Å². The highest BCUT2D eigenvalue weighted by Gasteiger charge is 2.31. The van der Waals surface area contributed by atoms with Gasteiger partial charge in [-0.2, -0.15) is 13.2 Å². The maximum atomic E-state index is 13.3. The van der Waals surface area contributed by atoms with E-state index in [1.807, 2.05) is 0 Å². The molecule has 1 aliphatic carbocycles. The van der Waals surface area contributed by atoms with Gasteiger partial charge in [0.1, 0.15) is 18.2 Å². The van der Waals surface area contributed by atoms with E-state index >= 15 is 0 Å². The number of anilines is 1. The van der Waals surface area contributed by atoms with Crippen molar-refractivity contribution in [1.82, 2.24) is 10.3 Å². The number of rotatable bonds is 6. The number of halogens is 4. The van der Waals surface area contributed by atoms with E-state index in [9.17, 15) is 17.6 Å². The Hall–Kier alpha value is -1.37. The summed E-state index contributed by atoms with van der Waals surface area (Å²) < 4.78 is 50.9. The van der Waals surface area contributed by atoms with Gasteiger partial charge >= 0.3 is 6.18 Å². The molecule has 1 heterocycles. The van der Waals surface area contributed by atoms with Crippen molar-refractivity contribution in [2.45, 2.75) is 38.5 Å². The number of nitrogens with one attached hydrogen (secondary N) is 1. The Bertz CT molecular complexity index is 457. The second kappa shape index (κ2) is 5.95. The average molecular weight is 291 g/mol. The maximum absolute atomic E-state index is 13.3. The van der Waals surface area contributed by atoms with Crippen LogP contribution in [0.5, 0.6) is 0 Å². The van der Waals surface area contributed by atoms with Gasteiger partial charge in [-0.15, -0.1) is 0 Å². The van der Waals surface area contributed by atoms with Gasteiger partial charge in [-0.3, -0.25) is 0 Å². The highest BCUT2D eigenvalue weighted by molar-refractivity contribution is 5.47. The molecule has 0 radical (unpaired) electrons. The first-order valence-electron chi connectivity index (χ1n) is 6.58. The number of alkyl halides is 3. The molecular weight excluding hydrogens is 274 g/mol. The molecule has 1 aromatic heterocycles. The zero-order chi connectivity index (χ0) is 14.8. The molecule has 1 N–H and O–H groups in total. The van der Waals surface area contributed by atoms with Gasteiger partial charge in [0.15, 0.2) is 0 Å². The monoisotopic (exact) mass is 291 g/mol. The molecule has 0 aromatic carbocycles. The summed E-state index contributed by atoms with van der Waals surface area (Å²) in [6, 6.07) is 1.64. The SMILES string of the molecule is CCN(CC(F)(F)F)c1ncc(F)cc1CNC1CC1. The van der Waals surface area contributed by atoms with Crippen LogP contribution in [0.15, 0.2) is 12.3 Å². The number of nitrogens with zero attached hydrogens (tertiary/aromatic N) is 2. The van der Waals surface area contributed by atoms with Crippen LogP contribution in [0.1, 0.15) is 25.3 Å². The van der Waals surface area contributed by atoms with Crippen molar-refractivity contribution < 1.29 is 17.6 Å². The fourth-order valence-electron chi connectivity index (χ4n) is 1.98. The summed E-state index contributed by atoms with van der Waals surface area (Å²) in [6.45, 7) is 1.03. The van der Waals surface area contributed by atoms with Crippen molar-refractivity contribution in [1.29, 1.82) is 0 Å². The van der Waals surface area contributed by atoms with Crippen LogP contribution in [-0.2, 0) is 6.54 Å². The summed E-state index contributed by atoms with van der Waals surface area (Å²) in [5.74, 6) is -0.344. The first kappa shape index (κ1) is 15.0. The standard InChI is InChI=1S/C13H17F4N3/c1-2-20(8-13(15,16)17)12-9(5-10(14)7-19-12)6-18-11-3-4-11/h5,7,11,18H,2-4,6,8H2,1H3. The van der Waals surface area contributed by atoms with Crippen LogP contribution in [0.2, 0.25) is 0 Å². The molecule has 2 rings (SSSR count). The number of hydrogen-bond acceptors (Lipinski definition) is 3. The topological polar surface area (TPSA) is 28.2 Å². The number of aromatic nitrogens is 1. The molecule has 1 aliphatic rings. The molecule has 7 heteroatoms. The normalized spacial score (nSPS) is 15.4. The van der Waals surface area contributed by atoms with Gasteiger partial charge < -0.3 is 10.2 Å². The van der Waals surface area contributed by atoms with Gasteiger partial charge in [-0.05, 0) is 25.8 Å². The molecule has 1 fully saturated rings. The van der Waals surface area contributed by atoms with Crippen molar-refractivity contribution >= 4 is 5.82 Å². The Labute approximate surface area is 115 Å². The second-order valence-corrected chi connectivity index (χ2v) is 4.92. The largest absolute Gasteiger partial charge is 0.405 e. The van der Waals surface area contributed by atoms with Gasteiger partial charge in [-0.25, -0.2) is 9.37 Å². The summed E-state index contributed by atoms with van der Waals surface area (Å²) >= 11 is 0. The third kappa shape index (κ3) is 4.33. The highest BCUT2D eigenvalue weighted by Crippen LogP contribution is 2.25. The molecule has 0 spiro atoms. The van der Waals surface area contributed by atoms with Crippen molar-refractivity contribution in [3.63, 3.8) is 0 Å². The Morgan fingerprint density at radius 3 is 2.65 bits per heavy atom. The number of pyridine rings is 1. The van der Waals surface area contributed by atoms with Crippen LogP contribution in [0.25, 0.3) is 0 Å². The molecule has 0 unspecified atom stereocenters. The van der Waals surface area contributed by atoms with Crippen molar-refractivity contribution in [3.05, 3.63) is 23.6 Å². The Kier molecular flexibility index (Phi) is 4.47. The molecular formula is C13H17F4N3. The van der Waals surface area contributed by atoms with E-state index in [4.69, 9.17) is 0 Å².